The zero-order chi connectivity index (χ0) is 12.3. The molecule has 1 aliphatic carbocycles. The second-order valence-corrected chi connectivity index (χ2v) is 5.12. The lowest BCUT2D eigenvalue weighted by molar-refractivity contribution is -0.143. The van der Waals surface area contributed by atoms with Crippen molar-refractivity contribution >= 4 is 5.91 Å². The van der Waals surface area contributed by atoms with Gasteiger partial charge in [-0.1, -0.05) is 6.42 Å². The standard InChI is InChI=1S/C13H24N2O2/c1-2-15(11-6-3-5-10(11)9-14)13(16)12-7-4-8-17-12/h10-12H,2-9,14H2,1H3/t10?,11?,12-/m0/s1. The molecule has 0 aromatic rings. The van der Waals surface area contributed by atoms with Gasteiger partial charge < -0.3 is 15.4 Å². The predicted molar refractivity (Wildman–Crippen MR) is 66.5 cm³/mol. The van der Waals surface area contributed by atoms with Gasteiger partial charge in [-0.3, -0.25) is 4.79 Å². The molecule has 1 heterocycles. The van der Waals surface area contributed by atoms with Crippen LogP contribution >= 0.6 is 0 Å². The van der Waals surface area contributed by atoms with E-state index in [-0.39, 0.29) is 12.0 Å². The Balaban J connectivity index is 2.01. The Morgan fingerprint density at radius 3 is 2.76 bits per heavy atom. The monoisotopic (exact) mass is 240 g/mol. The molecule has 4 heteroatoms. The van der Waals surface area contributed by atoms with E-state index in [0.29, 0.717) is 18.5 Å². The lowest BCUT2D eigenvalue weighted by Crippen LogP contribution is -2.48. The number of hydrogen-bond donors (Lipinski definition) is 1. The maximum Gasteiger partial charge on any atom is 0.251 e. The smallest absolute Gasteiger partial charge is 0.251 e. The van der Waals surface area contributed by atoms with Crippen LogP contribution in [0.4, 0.5) is 0 Å². The average molecular weight is 240 g/mol. The third-order valence-electron chi connectivity index (χ3n) is 4.15. The Kier molecular flexibility index (Phi) is 4.40. The summed E-state index contributed by atoms with van der Waals surface area (Å²) >= 11 is 0. The van der Waals surface area contributed by atoms with Gasteiger partial charge in [0.25, 0.3) is 5.91 Å². The summed E-state index contributed by atoms with van der Waals surface area (Å²) in [5.41, 5.74) is 5.80. The number of hydrogen-bond acceptors (Lipinski definition) is 3. The molecule has 1 saturated heterocycles. The fraction of sp³-hybridized carbons (Fsp3) is 0.923. The fourth-order valence-electron chi connectivity index (χ4n) is 3.21. The van der Waals surface area contributed by atoms with E-state index in [9.17, 15) is 4.79 Å². The molecule has 2 N–H and O–H groups in total. The summed E-state index contributed by atoms with van der Waals surface area (Å²) in [6.45, 7) is 4.26. The van der Waals surface area contributed by atoms with Crippen molar-refractivity contribution in [3.8, 4) is 0 Å². The Bertz CT molecular complexity index is 264. The normalized spacial score (nSPS) is 32.9. The van der Waals surface area contributed by atoms with E-state index in [4.69, 9.17) is 10.5 Å². The van der Waals surface area contributed by atoms with Crippen molar-refractivity contribution in [1.82, 2.24) is 4.90 Å². The van der Waals surface area contributed by atoms with Gasteiger partial charge in [0.15, 0.2) is 0 Å². The molecular formula is C13H24N2O2. The minimum Gasteiger partial charge on any atom is -0.368 e. The molecule has 1 amide bonds. The second-order valence-electron chi connectivity index (χ2n) is 5.12. The van der Waals surface area contributed by atoms with E-state index in [2.05, 4.69) is 6.92 Å². The zero-order valence-corrected chi connectivity index (χ0v) is 10.7. The first-order valence-electron chi connectivity index (χ1n) is 6.90. The first-order chi connectivity index (χ1) is 8.27. The third kappa shape index (κ3) is 2.63. The van der Waals surface area contributed by atoms with Crippen molar-refractivity contribution < 1.29 is 9.53 Å². The Morgan fingerprint density at radius 2 is 2.18 bits per heavy atom. The summed E-state index contributed by atoms with van der Waals surface area (Å²) in [7, 11) is 0. The largest absolute Gasteiger partial charge is 0.368 e. The maximum absolute atomic E-state index is 12.4. The molecule has 4 nitrogen and oxygen atoms in total. The van der Waals surface area contributed by atoms with Crippen LogP contribution in [0.5, 0.6) is 0 Å². The third-order valence-corrected chi connectivity index (χ3v) is 4.15. The first-order valence-corrected chi connectivity index (χ1v) is 6.90. The maximum atomic E-state index is 12.4. The number of carbonyl (C=O) groups excluding carboxylic acids is 1. The van der Waals surface area contributed by atoms with E-state index >= 15 is 0 Å². The number of nitrogens with two attached hydrogens (primary N) is 1. The lowest BCUT2D eigenvalue weighted by Gasteiger charge is -2.33. The first kappa shape index (κ1) is 12.8. The number of rotatable bonds is 4. The molecule has 0 aromatic carbocycles. The van der Waals surface area contributed by atoms with Crippen LogP contribution in [0.2, 0.25) is 0 Å². The van der Waals surface area contributed by atoms with Crippen molar-refractivity contribution in [2.24, 2.45) is 11.7 Å². The number of nitrogens with zero attached hydrogens (tertiary/aromatic N) is 1. The highest BCUT2D eigenvalue weighted by Gasteiger charge is 2.36. The number of ether oxygens (including phenoxy) is 1. The van der Waals surface area contributed by atoms with E-state index in [0.717, 1.165) is 38.8 Å². The molecule has 98 valence electrons. The molecule has 2 aliphatic rings. The van der Waals surface area contributed by atoms with Gasteiger partial charge in [0, 0.05) is 19.2 Å². The summed E-state index contributed by atoms with van der Waals surface area (Å²) in [5, 5.41) is 0. The van der Waals surface area contributed by atoms with E-state index in [1.54, 1.807) is 0 Å². The highest BCUT2D eigenvalue weighted by atomic mass is 16.5. The molecule has 2 unspecified atom stereocenters. The van der Waals surface area contributed by atoms with Crippen molar-refractivity contribution in [3.05, 3.63) is 0 Å². The Hall–Kier alpha value is -0.610. The molecule has 0 bridgehead atoms. The van der Waals surface area contributed by atoms with Gasteiger partial charge >= 0.3 is 0 Å². The molecule has 2 rings (SSSR count). The Labute approximate surface area is 103 Å². The van der Waals surface area contributed by atoms with Crippen molar-refractivity contribution in [2.45, 2.75) is 51.2 Å². The molecule has 2 fully saturated rings. The number of amides is 1. The van der Waals surface area contributed by atoms with Gasteiger partial charge in [-0.15, -0.1) is 0 Å². The average Bonchev–Trinajstić information content (AvgIpc) is 3.01. The van der Waals surface area contributed by atoms with Crippen LogP contribution in [0.1, 0.15) is 39.0 Å². The van der Waals surface area contributed by atoms with Crippen LogP contribution in [0, 0.1) is 5.92 Å². The van der Waals surface area contributed by atoms with Crippen LogP contribution in [0.3, 0.4) is 0 Å². The highest BCUT2D eigenvalue weighted by molar-refractivity contribution is 5.81. The fourth-order valence-corrected chi connectivity index (χ4v) is 3.21. The van der Waals surface area contributed by atoms with Crippen LogP contribution < -0.4 is 5.73 Å². The minimum atomic E-state index is -0.186. The van der Waals surface area contributed by atoms with Crippen LogP contribution in [-0.4, -0.2) is 42.6 Å². The van der Waals surface area contributed by atoms with Gasteiger partial charge in [-0.05, 0) is 45.1 Å². The SMILES string of the molecule is CCN(C(=O)[C@@H]1CCCO1)C1CCCC1CN. The van der Waals surface area contributed by atoms with Gasteiger partial charge in [0.1, 0.15) is 6.10 Å². The van der Waals surface area contributed by atoms with Gasteiger partial charge in [-0.2, -0.15) is 0 Å². The molecule has 17 heavy (non-hydrogen) atoms. The van der Waals surface area contributed by atoms with E-state index in [1.165, 1.54) is 6.42 Å². The molecule has 0 aromatic heterocycles. The number of carbonyl (C=O) groups is 1. The minimum absolute atomic E-state index is 0.186. The summed E-state index contributed by atoms with van der Waals surface area (Å²) < 4.78 is 5.50. The topological polar surface area (TPSA) is 55.6 Å². The van der Waals surface area contributed by atoms with E-state index in [1.807, 2.05) is 4.90 Å². The van der Waals surface area contributed by atoms with Gasteiger partial charge in [-0.25, -0.2) is 0 Å². The molecule has 0 radical (unpaired) electrons. The number of likely N-dealkylation sites (N-methyl/N-ethyl adjacent to an activating group) is 1. The molecular weight excluding hydrogens is 216 g/mol. The van der Waals surface area contributed by atoms with Crippen molar-refractivity contribution in [2.75, 3.05) is 19.7 Å². The van der Waals surface area contributed by atoms with Crippen molar-refractivity contribution in [1.29, 1.82) is 0 Å². The summed E-state index contributed by atoms with van der Waals surface area (Å²) in [4.78, 5) is 14.4. The predicted octanol–water partition coefficient (Wildman–Crippen LogP) is 1.14. The second kappa shape index (κ2) is 5.83. The summed E-state index contributed by atoms with van der Waals surface area (Å²) in [6.07, 6.45) is 5.18. The van der Waals surface area contributed by atoms with Gasteiger partial charge in [0.05, 0.1) is 0 Å². The molecule has 1 saturated carbocycles. The van der Waals surface area contributed by atoms with Crippen LogP contribution in [0.25, 0.3) is 0 Å². The van der Waals surface area contributed by atoms with E-state index < -0.39 is 0 Å². The van der Waals surface area contributed by atoms with Crippen LogP contribution in [0.15, 0.2) is 0 Å². The molecule has 3 atom stereocenters. The quantitative estimate of drug-likeness (QED) is 0.801. The lowest BCUT2D eigenvalue weighted by atomic mass is 10.0. The Morgan fingerprint density at radius 1 is 1.35 bits per heavy atom. The highest BCUT2D eigenvalue weighted by Crippen LogP contribution is 2.30. The van der Waals surface area contributed by atoms with Gasteiger partial charge in [0.2, 0.25) is 0 Å². The summed E-state index contributed by atoms with van der Waals surface area (Å²) in [6, 6.07) is 0.349. The van der Waals surface area contributed by atoms with Crippen LogP contribution in [-0.2, 0) is 9.53 Å². The van der Waals surface area contributed by atoms with Crippen molar-refractivity contribution in [3.63, 3.8) is 0 Å². The summed E-state index contributed by atoms with van der Waals surface area (Å²) in [5.74, 6) is 0.677. The molecule has 1 aliphatic heterocycles. The molecule has 0 spiro atoms. The zero-order valence-electron chi connectivity index (χ0n) is 10.7.